The van der Waals surface area contributed by atoms with Crippen LogP contribution in [-0.2, 0) is 41.4 Å². The van der Waals surface area contributed by atoms with Crippen LogP contribution in [0, 0.1) is 0 Å². The maximum atomic E-state index is 4.36. The molecule has 0 bridgehead atoms. The summed E-state index contributed by atoms with van der Waals surface area (Å²) < 4.78 is 2.56. The summed E-state index contributed by atoms with van der Waals surface area (Å²) >= 11 is -0.500. The van der Waals surface area contributed by atoms with Gasteiger partial charge in [-0.25, -0.2) is 0 Å². The Morgan fingerprint density at radius 2 is 0.565 bits per heavy atom. The average molecular weight is 577 g/mol. The van der Waals surface area contributed by atoms with E-state index >= 15 is 0 Å². The molecule has 0 heterocycles. The standard InChI is InChI=1S/2C8H20N.Re.2H2S.2S/c2*1-5-9(6-2,7-3)8-4;;;;;/h2*5-8H2,1-4H3;;2*1H2;;/q2*+1;;;;;/p-2. The first-order chi connectivity index (χ1) is 9.90. The number of hydrogen-bond donors (Lipinski definition) is 0. The van der Waals surface area contributed by atoms with Crippen LogP contribution in [0.25, 0.3) is 0 Å². The van der Waals surface area contributed by atoms with E-state index in [-0.39, 0.29) is 27.0 Å². The summed E-state index contributed by atoms with van der Waals surface area (Å²) in [6.07, 6.45) is 0. The predicted molar refractivity (Wildman–Crippen MR) is 118 cm³/mol. The Bertz CT molecular complexity index is 197. The van der Waals surface area contributed by atoms with Crippen LogP contribution in [0.15, 0.2) is 0 Å². The molecule has 0 radical (unpaired) electrons. The molecule has 0 aliphatic heterocycles. The van der Waals surface area contributed by atoms with Crippen molar-refractivity contribution in [3.8, 4) is 0 Å². The Balaban J connectivity index is -0.0000000746. The van der Waals surface area contributed by atoms with E-state index in [1.807, 2.05) is 0 Å². The summed E-state index contributed by atoms with van der Waals surface area (Å²) in [7, 11) is 8.72. The second-order valence-electron chi connectivity index (χ2n) is 5.28. The van der Waals surface area contributed by atoms with Crippen molar-refractivity contribution in [2.24, 2.45) is 0 Å². The van der Waals surface area contributed by atoms with Gasteiger partial charge in [0.25, 0.3) is 0 Å². The van der Waals surface area contributed by atoms with Gasteiger partial charge in [-0.3, -0.25) is 0 Å². The van der Waals surface area contributed by atoms with Crippen LogP contribution in [0.1, 0.15) is 55.4 Å². The van der Waals surface area contributed by atoms with Crippen molar-refractivity contribution in [2.75, 3.05) is 52.4 Å². The third-order valence-electron chi connectivity index (χ3n) is 5.37. The van der Waals surface area contributed by atoms with Gasteiger partial charge in [-0.05, 0) is 55.4 Å². The molecule has 0 saturated heterocycles. The molecule has 0 amide bonds. The molecule has 0 aliphatic carbocycles. The summed E-state index contributed by atoms with van der Waals surface area (Å²) in [5, 5.41) is 0. The van der Waals surface area contributed by atoms with Crippen LogP contribution < -0.4 is 0 Å². The number of quaternary nitrogens is 2. The molecular weight excluding hydrogens is 535 g/mol. The quantitative estimate of drug-likeness (QED) is 0.237. The first-order valence-electron chi connectivity index (χ1n) is 8.50. The minimum atomic E-state index is -0.500. The Morgan fingerprint density at radius 3 is 0.565 bits per heavy atom. The molecule has 23 heavy (non-hydrogen) atoms. The van der Waals surface area contributed by atoms with Crippen molar-refractivity contribution in [2.45, 2.75) is 55.4 Å². The van der Waals surface area contributed by atoms with Gasteiger partial charge in [-0.15, -0.1) is 0 Å². The Hall–Kier alpha value is 1.72. The van der Waals surface area contributed by atoms with Gasteiger partial charge in [0.05, 0.1) is 52.4 Å². The molecule has 0 spiro atoms. The Morgan fingerprint density at radius 1 is 0.478 bits per heavy atom. The molecule has 0 aromatic heterocycles. The SMILES string of the molecule is CC[N+](CC)(CC)CC.CC[N+](CC)(CC)CC.[SH-].[SH-].[S]=[Re]=[S]. The fraction of sp³-hybridized carbons (Fsp3) is 1.00. The normalized spacial score (nSPS) is 9.91. The van der Waals surface area contributed by atoms with Gasteiger partial charge in [0.1, 0.15) is 0 Å². The van der Waals surface area contributed by atoms with Crippen LogP contribution in [0.2, 0.25) is 0 Å². The molecule has 2 nitrogen and oxygen atoms in total. The molecule has 147 valence electrons. The fourth-order valence-electron chi connectivity index (χ4n) is 2.68. The number of rotatable bonds is 8. The van der Waals surface area contributed by atoms with E-state index in [4.69, 9.17) is 0 Å². The zero-order valence-corrected chi connectivity index (χ0v) is 22.8. The van der Waals surface area contributed by atoms with Gasteiger partial charge in [-0.1, -0.05) is 0 Å². The van der Waals surface area contributed by atoms with E-state index in [0.29, 0.717) is 0 Å². The van der Waals surface area contributed by atoms with E-state index in [9.17, 15) is 0 Å². The van der Waals surface area contributed by atoms with Crippen LogP contribution in [0.3, 0.4) is 0 Å². The third kappa shape index (κ3) is 16.9. The van der Waals surface area contributed by atoms with Crippen LogP contribution >= 0.6 is 19.9 Å². The van der Waals surface area contributed by atoms with Crippen molar-refractivity contribution in [3.63, 3.8) is 0 Å². The molecule has 0 aliphatic rings. The van der Waals surface area contributed by atoms with E-state index in [1.54, 1.807) is 0 Å². The molecule has 0 rings (SSSR count). The number of hydrogen-bond acceptors (Lipinski definition) is 4. The molecule has 0 aromatic carbocycles. The van der Waals surface area contributed by atoms with Gasteiger partial charge >= 0.3 is 34.3 Å². The average Bonchev–Trinajstić information content (AvgIpc) is 2.54. The minimum absolute atomic E-state index is 0. The summed E-state index contributed by atoms with van der Waals surface area (Å²) in [6.45, 7) is 28.4. The van der Waals surface area contributed by atoms with Gasteiger partial charge in [0.2, 0.25) is 0 Å². The van der Waals surface area contributed by atoms with E-state index in [1.165, 1.54) is 61.3 Å². The van der Waals surface area contributed by atoms with Gasteiger partial charge < -0.3 is 36.0 Å². The van der Waals surface area contributed by atoms with Crippen LogP contribution in [0.4, 0.5) is 0 Å². The first-order valence-corrected chi connectivity index (χ1v) is 15.8. The third-order valence-corrected chi connectivity index (χ3v) is 5.37. The Labute approximate surface area is 177 Å². The molecule has 0 atom stereocenters. The van der Waals surface area contributed by atoms with E-state index < -0.39 is 14.4 Å². The molecule has 0 fully saturated rings. The molecule has 0 N–H and O–H groups in total. The summed E-state index contributed by atoms with van der Waals surface area (Å²) in [4.78, 5) is 0. The topological polar surface area (TPSA) is 0 Å². The summed E-state index contributed by atoms with van der Waals surface area (Å²) in [6, 6.07) is 0. The van der Waals surface area contributed by atoms with Crippen molar-refractivity contribution in [3.05, 3.63) is 0 Å². The van der Waals surface area contributed by atoms with Crippen molar-refractivity contribution >= 4 is 46.9 Å². The van der Waals surface area contributed by atoms with Crippen molar-refractivity contribution in [1.29, 1.82) is 0 Å². The second kappa shape index (κ2) is 23.7. The Kier molecular flexibility index (Phi) is 36.9. The summed E-state index contributed by atoms with van der Waals surface area (Å²) in [5.41, 5.74) is 0. The summed E-state index contributed by atoms with van der Waals surface area (Å²) in [5.74, 6) is 0. The molecule has 0 unspecified atom stereocenters. The molecule has 0 saturated carbocycles. The fourth-order valence-corrected chi connectivity index (χ4v) is 2.68. The molecule has 7 heteroatoms. The molecule has 0 aromatic rings. The molecular formula is C16H42N2ReS4. The van der Waals surface area contributed by atoms with Crippen LogP contribution in [-0.4, -0.2) is 61.3 Å². The number of nitrogens with zero attached hydrogens (tertiary/aromatic N) is 2. The van der Waals surface area contributed by atoms with Crippen molar-refractivity contribution < 1.29 is 23.4 Å². The van der Waals surface area contributed by atoms with E-state index in [2.05, 4.69) is 75.3 Å². The second-order valence-corrected chi connectivity index (χ2v) is 9.85. The van der Waals surface area contributed by atoms with Gasteiger partial charge in [0, 0.05) is 0 Å². The van der Waals surface area contributed by atoms with E-state index in [0.717, 1.165) is 0 Å². The monoisotopic (exact) mass is 577 g/mol. The van der Waals surface area contributed by atoms with Gasteiger partial charge in [0.15, 0.2) is 0 Å². The van der Waals surface area contributed by atoms with Gasteiger partial charge in [-0.2, -0.15) is 0 Å². The predicted octanol–water partition coefficient (Wildman–Crippen LogP) is 4.52. The maximum absolute atomic E-state index is 4.36. The zero-order chi connectivity index (χ0) is 17.4. The first kappa shape index (κ1) is 35.8. The zero-order valence-electron chi connectivity index (χ0n) is 16.6. The van der Waals surface area contributed by atoms with Crippen molar-refractivity contribution in [1.82, 2.24) is 0 Å². The number of thiol groups is 2. The van der Waals surface area contributed by atoms with Crippen LogP contribution in [0.5, 0.6) is 0 Å².